The molecule has 0 N–H and O–H groups in total. The molecular formula is C19H21NO6. The Labute approximate surface area is 151 Å². The van der Waals surface area contributed by atoms with E-state index in [1.54, 1.807) is 24.3 Å². The number of carbonyl (C=O) groups excluding carboxylic acids is 2. The first kappa shape index (κ1) is 16.4. The summed E-state index contributed by atoms with van der Waals surface area (Å²) in [4.78, 5) is 27.2. The molecule has 3 fully saturated rings. The van der Waals surface area contributed by atoms with Crippen LogP contribution in [0, 0.1) is 0 Å². The molecule has 5 rings (SSSR count). The Hall–Kier alpha value is -1.80. The third-order valence-corrected chi connectivity index (χ3v) is 5.83. The molecule has 4 heterocycles. The number of rotatable bonds is 2. The van der Waals surface area contributed by atoms with Crippen LogP contribution in [0.1, 0.15) is 47.9 Å². The molecule has 7 nitrogen and oxygen atoms in total. The predicted octanol–water partition coefficient (Wildman–Crippen LogP) is 1.71. The normalized spacial score (nSPS) is 40.0. The van der Waals surface area contributed by atoms with Crippen LogP contribution >= 0.6 is 0 Å². The Morgan fingerprint density at radius 1 is 1.08 bits per heavy atom. The molecule has 1 aromatic rings. The monoisotopic (exact) mass is 359 g/mol. The number of benzene rings is 1. The summed E-state index contributed by atoms with van der Waals surface area (Å²) in [6, 6.07) is 6.15. The summed E-state index contributed by atoms with van der Waals surface area (Å²) in [6.45, 7) is 6.04. The van der Waals surface area contributed by atoms with Crippen molar-refractivity contribution >= 4 is 11.8 Å². The van der Waals surface area contributed by atoms with E-state index in [0.717, 1.165) is 0 Å². The summed E-state index contributed by atoms with van der Waals surface area (Å²) in [7, 11) is 0. The summed E-state index contributed by atoms with van der Waals surface area (Å²) in [5.41, 5.74) is 0.188. The topological polar surface area (TPSA) is 74.3 Å². The van der Waals surface area contributed by atoms with E-state index in [1.165, 1.54) is 4.90 Å². The molecule has 4 aliphatic rings. The average molecular weight is 359 g/mol. The molecule has 7 heteroatoms. The van der Waals surface area contributed by atoms with E-state index in [-0.39, 0.29) is 11.8 Å². The third-order valence-electron chi connectivity index (χ3n) is 5.83. The van der Waals surface area contributed by atoms with Crippen molar-refractivity contribution in [1.82, 2.24) is 4.90 Å². The van der Waals surface area contributed by atoms with E-state index in [2.05, 4.69) is 0 Å². The van der Waals surface area contributed by atoms with Gasteiger partial charge < -0.3 is 18.9 Å². The first-order valence-electron chi connectivity index (χ1n) is 8.99. The van der Waals surface area contributed by atoms with Gasteiger partial charge in [-0.25, -0.2) is 0 Å². The molecule has 138 valence electrons. The molecule has 0 aliphatic carbocycles. The molecule has 4 aliphatic heterocycles. The summed E-state index contributed by atoms with van der Waals surface area (Å²) in [5, 5.41) is 0. The van der Waals surface area contributed by atoms with Crippen LogP contribution in [0.15, 0.2) is 24.3 Å². The third kappa shape index (κ3) is 1.97. The smallest absolute Gasteiger partial charge is 0.262 e. The standard InChI is InChI=1S/C19H21NO6/c1-4-19-9-23-17(26-19)12(13-14(19)25-18(2,3)24-13)20-15(21)10-7-5-6-8-11(10)16(20)22/h5-8,12-14,17H,4,9H2,1-3H3/t12-,13-,14-,17?,19?/m1/s1. The molecule has 3 saturated heterocycles. The van der Waals surface area contributed by atoms with E-state index in [0.29, 0.717) is 24.2 Å². The molecule has 2 unspecified atom stereocenters. The number of amides is 2. The highest BCUT2D eigenvalue weighted by Gasteiger charge is 2.67. The van der Waals surface area contributed by atoms with Gasteiger partial charge in [-0.3, -0.25) is 14.5 Å². The fourth-order valence-electron chi connectivity index (χ4n) is 4.57. The zero-order valence-electron chi connectivity index (χ0n) is 14.9. The lowest BCUT2D eigenvalue weighted by molar-refractivity contribution is -0.206. The maximum absolute atomic E-state index is 13.0. The fourth-order valence-corrected chi connectivity index (χ4v) is 4.57. The number of hydrogen-bond acceptors (Lipinski definition) is 6. The summed E-state index contributed by atoms with van der Waals surface area (Å²) in [5.74, 6) is -1.50. The second kappa shape index (κ2) is 5.13. The van der Waals surface area contributed by atoms with Crippen LogP contribution in [-0.4, -0.2) is 59.2 Å². The van der Waals surface area contributed by atoms with E-state index in [4.69, 9.17) is 18.9 Å². The van der Waals surface area contributed by atoms with Crippen LogP contribution in [0.4, 0.5) is 0 Å². The Morgan fingerprint density at radius 3 is 2.35 bits per heavy atom. The van der Waals surface area contributed by atoms with Gasteiger partial charge >= 0.3 is 0 Å². The maximum Gasteiger partial charge on any atom is 0.262 e. The lowest BCUT2D eigenvalue weighted by Gasteiger charge is -2.44. The van der Waals surface area contributed by atoms with Crippen molar-refractivity contribution < 1.29 is 28.5 Å². The van der Waals surface area contributed by atoms with E-state index in [9.17, 15) is 9.59 Å². The summed E-state index contributed by atoms with van der Waals surface area (Å²) in [6.07, 6.45) is -0.918. The van der Waals surface area contributed by atoms with Gasteiger partial charge in [0.1, 0.15) is 23.9 Å². The molecule has 2 amide bonds. The Kier molecular flexibility index (Phi) is 3.23. The first-order valence-corrected chi connectivity index (χ1v) is 8.99. The summed E-state index contributed by atoms with van der Waals surface area (Å²) < 4.78 is 24.3. The van der Waals surface area contributed by atoms with Gasteiger partial charge in [-0.2, -0.15) is 0 Å². The zero-order valence-corrected chi connectivity index (χ0v) is 14.9. The van der Waals surface area contributed by atoms with Crippen molar-refractivity contribution in [3.63, 3.8) is 0 Å². The average Bonchev–Trinajstić information content (AvgIpc) is 3.24. The van der Waals surface area contributed by atoms with Gasteiger partial charge in [-0.05, 0) is 32.4 Å². The van der Waals surface area contributed by atoms with Gasteiger partial charge in [0.25, 0.3) is 11.8 Å². The van der Waals surface area contributed by atoms with Crippen molar-refractivity contribution in [1.29, 1.82) is 0 Å². The molecular weight excluding hydrogens is 338 g/mol. The number of hydrogen-bond donors (Lipinski definition) is 0. The lowest BCUT2D eigenvalue weighted by atomic mass is 9.85. The van der Waals surface area contributed by atoms with E-state index in [1.807, 2.05) is 20.8 Å². The second-order valence-electron chi connectivity index (χ2n) is 7.75. The van der Waals surface area contributed by atoms with Crippen LogP contribution in [0.25, 0.3) is 0 Å². The van der Waals surface area contributed by atoms with Crippen LogP contribution in [-0.2, 0) is 18.9 Å². The van der Waals surface area contributed by atoms with Crippen LogP contribution in [0.5, 0.6) is 0 Å². The van der Waals surface area contributed by atoms with Gasteiger partial charge in [0.15, 0.2) is 12.1 Å². The van der Waals surface area contributed by atoms with E-state index >= 15 is 0 Å². The fraction of sp³-hybridized carbons (Fsp3) is 0.579. The van der Waals surface area contributed by atoms with Crippen molar-refractivity contribution in [3.05, 3.63) is 35.4 Å². The Balaban J connectivity index is 1.58. The Morgan fingerprint density at radius 2 is 1.73 bits per heavy atom. The van der Waals surface area contributed by atoms with Crippen LogP contribution in [0.3, 0.4) is 0 Å². The summed E-state index contributed by atoms with van der Waals surface area (Å²) >= 11 is 0. The highest BCUT2D eigenvalue weighted by atomic mass is 16.8. The van der Waals surface area contributed by atoms with Gasteiger partial charge in [-0.15, -0.1) is 0 Å². The van der Waals surface area contributed by atoms with Crippen LogP contribution < -0.4 is 0 Å². The zero-order chi connectivity index (χ0) is 18.3. The number of imide groups is 1. The first-order chi connectivity index (χ1) is 12.4. The second-order valence-corrected chi connectivity index (χ2v) is 7.75. The molecule has 0 aromatic heterocycles. The largest absolute Gasteiger partial charge is 0.347 e. The van der Waals surface area contributed by atoms with Gasteiger partial charge in [-0.1, -0.05) is 19.1 Å². The lowest BCUT2D eigenvalue weighted by Crippen LogP contribution is -2.64. The van der Waals surface area contributed by atoms with Crippen LogP contribution in [0.2, 0.25) is 0 Å². The van der Waals surface area contributed by atoms with Gasteiger partial charge in [0.2, 0.25) is 0 Å². The van der Waals surface area contributed by atoms with Crippen molar-refractivity contribution in [2.24, 2.45) is 0 Å². The SMILES string of the molecule is CCC12COC(O1)[C@H](N1C(=O)c3ccccc3C1=O)[C@H]1OC(C)(C)O[C@H]12. The number of nitrogens with zero attached hydrogens (tertiary/aromatic N) is 1. The van der Waals surface area contributed by atoms with Crippen molar-refractivity contribution in [2.75, 3.05) is 6.61 Å². The Bertz CT molecular complexity index is 772. The molecule has 5 atom stereocenters. The predicted molar refractivity (Wildman–Crippen MR) is 88.4 cm³/mol. The molecule has 0 saturated carbocycles. The number of fused-ring (bicyclic) bond motifs is 5. The molecule has 0 radical (unpaired) electrons. The maximum atomic E-state index is 13.0. The molecule has 1 aromatic carbocycles. The van der Waals surface area contributed by atoms with Crippen molar-refractivity contribution in [2.45, 2.75) is 63.1 Å². The minimum absolute atomic E-state index is 0.342. The highest BCUT2D eigenvalue weighted by molar-refractivity contribution is 6.21. The quantitative estimate of drug-likeness (QED) is 0.749. The van der Waals surface area contributed by atoms with Gasteiger partial charge in [0, 0.05) is 0 Å². The number of carbonyl (C=O) groups is 2. The number of ether oxygens (including phenoxy) is 4. The van der Waals surface area contributed by atoms with Crippen molar-refractivity contribution in [3.8, 4) is 0 Å². The minimum atomic E-state index is -0.817. The minimum Gasteiger partial charge on any atom is -0.347 e. The molecule has 2 bridgehead atoms. The molecule has 26 heavy (non-hydrogen) atoms. The molecule has 0 spiro atoms. The van der Waals surface area contributed by atoms with E-state index < -0.39 is 35.9 Å². The highest BCUT2D eigenvalue weighted by Crippen LogP contribution is 2.49. The van der Waals surface area contributed by atoms with Gasteiger partial charge in [0.05, 0.1) is 17.7 Å².